The molecule has 0 bridgehead atoms. The fourth-order valence-electron chi connectivity index (χ4n) is 4.48. The Hall–Kier alpha value is -2.04. The van der Waals surface area contributed by atoms with Crippen molar-refractivity contribution in [1.82, 2.24) is 5.32 Å². The lowest BCUT2D eigenvalue weighted by Gasteiger charge is -2.35. The Balaban J connectivity index is 1.48. The van der Waals surface area contributed by atoms with E-state index in [9.17, 15) is 9.59 Å². The Morgan fingerprint density at radius 1 is 1.26 bits per heavy atom. The molecule has 27 heavy (non-hydrogen) atoms. The van der Waals surface area contributed by atoms with Gasteiger partial charge >= 0.3 is 5.97 Å². The van der Waals surface area contributed by atoms with E-state index in [1.807, 2.05) is 0 Å². The van der Waals surface area contributed by atoms with E-state index in [1.165, 1.54) is 11.1 Å². The summed E-state index contributed by atoms with van der Waals surface area (Å²) >= 11 is 0. The maximum absolute atomic E-state index is 12.8. The summed E-state index contributed by atoms with van der Waals surface area (Å²) in [5.74, 6) is 0.236. The number of hydrogen-bond acceptors (Lipinski definition) is 3. The topological polar surface area (TPSA) is 75.6 Å². The van der Waals surface area contributed by atoms with Crippen LogP contribution in [-0.2, 0) is 22.4 Å². The van der Waals surface area contributed by atoms with Gasteiger partial charge in [-0.05, 0) is 56.2 Å². The highest BCUT2D eigenvalue weighted by atomic mass is 16.5. The molecule has 0 radical (unpaired) electrons. The predicted molar refractivity (Wildman–Crippen MR) is 104 cm³/mol. The molecule has 1 fully saturated rings. The largest absolute Gasteiger partial charge is 0.490 e. The quantitative estimate of drug-likeness (QED) is 0.678. The van der Waals surface area contributed by atoms with Gasteiger partial charge < -0.3 is 15.2 Å². The molecular weight excluding hydrogens is 342 g/mol. The Morgan fingerprint density at radius 3 is 2.78 bits per heavy atom. The fraction of sp³-hybridized carbons (Fsp3) is 0.636. The van der Waals surface area contributed by atoms with Crippen LogP contribution in [0.15, 0.2) is 18.2 Å². The summed E-state index contributed by atoms with van der Waals surface area (Å²) in [6.45, 7) is 2.72. The molecule has 1 saturated carbocycles. The number of nitrogens with one attached hydrogen (secondary N) is 1. The first-order valence-corrected chi connectivity index (χ1v) is 10.3. The lowest BCUT2D eigenvalue weighted by Crippen LogP contribution is -2.43. The molecule has 2 aliphatic rings. The number of fused-ring (bicyclic) bond motifs is 1. The molecule has 0 aromatic heterocycles. The van der Waals surface area contributed by atoms with Crippen LogP contribution < -0.4 is 10.1 Å². The van der Waals surface area contributed by atoms with E-state index in [2.05, 4.69) is 30.4 Å². The van der Waals surface area contributed by atoms with Crippen LogP contribution in [0.2, 0.25) is 0 Å². The van der Waals surface area contributed by atoms with Crippen molar-refractivity contribution in [1.29, 1.82) is 0 Å². The van der Waals surface area contributed by atoms with Crippen molar-refractivity contribution in [3.05, 3.63) is 29.3 Å². The second-order valence-electron chi connectivity index (χ2n) is 8.17. The molecule has 0 saturated heterocycles. The molecule has 1 unspecified atom stereocenters. The van der Waals surface area contributed by atoms with Gasteiger partial charge in [-0.3, -0.25) is 9.59 Å². The maximum atomic E-state index is 12.8. The zero-order chi connectivity index (χ0) is 19.3. The normalized spacial score (nSPS) is 20.6. The first kappa shape index (κ1) is 19.7. The van der Waals surface area contributed by atoms with Crippen molar-refractivity contribution >= 4 is 11.9 Å². The number of carbonyl (C=O) groups excluding carboxylic acids is 1. The first-order valence-electron chi connectivity index (χ1n) is 10.3. The highest BCUT2D eigenvalue weighted by Gasteiger charge is 2.39. The van der Waals surface area contributed by atoms with E-state index in [4.69, 9.17) is 9.84 Å². The molecule has 0 spiro atoms. The fourth-order valence-corrected chi connectivity index (χ4v) is 4.48. The average Bonchev–Trinajstić information content (AvgIpc) is 3.03. The molecule has 1 heterocycles. The Bertz CT molecular complexity index is 679. The van der Waals surface area contributed by atoms with Gasteiger partial charge in [0.25, 0.3) is 0 Å². The molecule has 1 aromatic rings. The van der Waals surface area contributed by atoms with E-state index >= 15 is 0 Å². The molecular formula is C22H31NO4. The van der Waals surface area contributed by atoms with Gasteiger partial charge in [-0.25, -0.2) is 0 Å². The highest BCUT2D eigenvalue weighted by Crippen LogP contribution is 2.40. The summed E-state index contributed by atoms with van der Waals surface area (Å²) in [6, 6.07) is 6.37. The van der Waals surface area contributed by atoms with E-state index in [1.54, 1.807) is 0 Å². The Morgan fingerprint density at radius 2 is 2.04 bits per heavy atom. The third-order valence-electron chi connectivity index (χ3n) is 6.00. The molecule has 5 nitrogen and oxygen atoms in total. The number of carboxylic acids is 1. The van der Waals surface area contributed by atoms with Crippen molar-refractivity contribution in [3.8, 4) is 5.75 Å². The van der Waals surface area contributed by atoms with Crippen LogP contribution in [-0.4, -0.2) is 29.6 Å². The molecule has 2 N–H and O–H groups in total. The third-order valence-corrected chi connectivity index (χ3v) is 6.00. The zero-order valence-electron chi connectivity index (χ0n) is 16.3. The van der Waals surface area contributed by atoms with Crippen LogP contribution in [0.25, 0.3) is 0 Å². The SMILES string of the molecule is CC1Cc2cc(CCCNC(=O)C3(CCC(=O)O)CCCCC3)ccc2O1. The van der Waals surface area contributed by atoms with Crippen LogP contribution in [0, 0.1) is 5.41 Å². The van der Waals surface area contributed by atoms with Crippen molar-refractivity contribution < 1.29 is 19.4 Å². The molecule has 1 aliphatic heterocycles. The van der Waals surface area contributed by atoms with Gasteiger partial charge in [0.15, 0.2) is 0 Å². The average molecular weight is 373 g/mol. The number of benzene rings is 1. The minimum absolute atomic E-state index is 0.0552. The van der Waals surface area contributed by atoms with Gasteiger partial charge in [-0.15, -0.1) is 0 Å². The second-order valence-corrected chi connectivity index (χ2v) is 8.17. The number of rotatable bonds is 8. The molecule has 1 aromatic carbocycles. The van der Waals surface area contributed by atoms with E-state index in [-0.39, 0.29) is 18.4 Å². The van der Waals surface area contributed by atoms with Gasteiger partial charge in [0, 0.05) is 24.8 Å². The second kappa shape index (κ2) is 8.77. The monoisotopic (exact) mass is 373 g/mol. The molecule has 148 valence electrons. The third kappa shape index (κ3) is 5.02. The number of carbonyl (C=O) groups is 2. The van der Waals surface area contributed by atoms with E-state index < -0.39 is 11.4 Å². The van der Waals surface area contributed by atoms with E-state index in [0.29, 0.717) is 13.0 Å². The number of amides is 1. The Labute approximate surface area is 161 Å². The summed E-state index contributed by atoms with van der Waals surface area (Å²) in [7, 11) is 0. The lowest BCUT2D eigenvalue weighted by molar-refractivity contribution is -0.139. The van der Waals surface area contributed by atoms with Crippen molar-refractivity contribution in [2.75, 3.05) is 6.54 Å². The van der Waals surface area contributed by atoms with Gasteiger partial charge in [0.1, 0.15) is 11.9 Å². The molecule has 1 atom stereocenters. The highest BCUT2D eigenvalue weighted by molar-refractivity contribution is 5.83. The summed E-state index contributed by atoms with van der Waals surface area (Å²) in [4.78, 5) is 23.8. The van der Waals surface area contributed by atoms with Crippen molar-refractivity contribution in [2.24, 2.45) is 5.41 Å². The van der Waals surface area contributed by atoms with Crippen LogP contribution in [0.4, 0.5) is 0 Å². The van der Waals surface area contributed by atoms with Crippen LogP contribution in [0.3, 0.4) is 0 Å². The predicted octanol–water partition coefficient (Wildman–Crippen LogP) is 3.87. The molecule has 1 amide bonds. The van der Waals surface area contributed by atoms with Crippen LogP contribution in [0.1, 0.15) is 69.4 Å². The maximum Gasteiger partial charge on any atom is 0.303 e. The number of aliphatic carboxylic acids is 1. The van der Waals surface area contributed by atoms with Gasteiger partial charge in [0.2, 0.25) is 5.91 Å². The van der Waals surface area contributed by atoms with Gasteiger partial charge in [-0.1, -0.05) is 31.4 Å². The summed E-state index contributed by atoms with van der Waals surface area (Å²) in [6.07, 6.45) is 8.36. The standard InChI is InChI=1S/C22H31NO4/c1-16-14-18-15-17(7-8-19(18)27-16)6-5-13-23-21(26)22(12-9-20(24)25)10-3-2-4-11-22/h7-8,15-16H,2-6,9-14H2,1H3,(H,23,26)(H,24,25). The zero-order valence-corrected chi connectivity index (χ0v) is 16.3. The summed E-state index contributed by atoms with van der Waals surface area (Å²) in [5.41, 5.74) is 2.08. The van der Waals surface area contributed by atoms with Gasteiger partial charge in [-0.2, -0.15) is 0 Å². The van der Waals surface area contributed by atoms with Gasteiger partial charge in [0.05, 0.1) is 0 Å². The smallest absolute Gasteiger partial charge is 0.303 e. The molecule has 1 aliphatic carbocycles. The first-order chi connectivity index (χ1) is 13.0. The number of carboxylic acid groups (broad SMARTS) is 1. The number of ether oxygens (including phenoxy) is 1. The van der Waals surface area contributed by atoms with Crippen molar-refractivity contribution in [3.63, 3.8) is 0 Å². The minimum atomic E-state index is -0.817. The summed E-state index contributed by atoms with van der Waals surface area (Å²) in [5, 5.41) is 12.1. The summed E-state index contributed by atoms with van der Waals surface area (Å²) < 4.78 is 5.74. The lowest BCUT2D eigenvalue weighted by atomic mass is 9.70. The van der Waals surface area contributed by atoms with Crippen LogP contribution >= 0.6 is 0 Å². The molecule has 5 heteroatoms. The number of aryl methyl sites for hydroxylation is 1. The number of hydrogen-bond donors (Lipinski definition) is 2. The van der Waals surface area contributed by atoms with Crippen LogP contribution in [0.5, 0.6) is 5.75 Å². The van der Waals surface area contributed by atoms with Crippen molar-refractivity contribution in [2.45, 2.75) is 77.2 Å². The Kier molecular flexibility index (Phi) is 6.40. The van der Waals surface area contributed by atoms with E-state index in [0.717, 1.165) is 57.1 Å². The minimum Gasteiger partial charge on any atom is -0.490 e. The molecule has 3 rings (SSSR count).